The molecule has 0 spiro atoms. The van der Waals surface area contributed by atoms with Crippen LogP contribution in [0.2, 0.25) is 0 Å². The fourth-order valence-electron chi connectivity index (χ4n) is 2.86. The normalized spacial score (nSPS) is 10.9. The molecule has 0 saturated heterocycles. The molecule has 0 aliphatic rings. The Labute approximate surface area is 141 Å². The topological polar surface area (TPSA) is 64.7 Å². The van der Waals surface area contributed by atoms with Crippen LogP contribution in [0.3, 0.4) is 0 Å². The van der Waals surface area contributed by atoms with Crippen LogP contribution in [-0.2, 0) is 4.79 Å². The summed E-state index contributed by atoms with van der Waals surface area (Å²) in [5.74, 6) is 1.55. The fourth-order valence-corrected chi connectivity index (χ4v) is 2.86. The summed E-state index contributed by atoms with van der Waals surface area (Å²) in [5, 5.41) is 2.69. The zero-order valence-corrected chi connectivity index (χ0v) is 14.6. The second-order valence-corrected chi connectivity index (χ2v) is 6.15. The van der Waals surface area contributed by atoms with Crippen LogP contribution in [0, 0.1) is 27.7 Å². The number of amides is 1. The van der Waals surface area contributed by atoms with Crippen LogP contribution in [0.4, 0.5) is 5.95 Å². The quantitative estimate of drug-likeness (QED) is 0.804. The van der Waals surface area contributed by atoms with E-state index in [0.717, 1.165) is 34.2 Å². The van der Waals surface area contributed by atoms with Crippen LogP contribution in [0.25, 0.3) is 11.6 Å². The van der Waals surface area contributed by atoms with Crippen LogP contribution in [0.15, 0.2) is 30.6 Å². The molecule has 124 valence electrons. The molecular formula is C18H21N5O. The molecule has 6 heteroatoms. The summed E-state index contributed by atoms with van der Waals surface area (Å²) in [6, 6.07) is 6.10. The predicted octanol–water partition coefficient (Wildman–Crippen LogP) is 3.25. The van der Waals surface area contributed by atoms with Crippen LogP contribution >= 0.6 is 0 Å². The minimum absolute atomic E-state index is 0.195. The van der Waals surface area contributed by atoms with Crippen molar-refractivity contribution in [1.29, 1.82) is 0 Å². The van der Waals surface area contributed by atoms with Crippen molar-refractivity contribution < 1.29 is 4.79 Å². The molecule has 0 radical (unpaired) electrons. The highest BCUT2D eigenvalue weighted by molar-refractivity contribution is 5.86. The van der Waals surface area contributed by atoms with Gasteiger partial charge in [0, 0.05) is 36.8 Å². The SMILES string of the molecule is CC(=O)Nc1nc(-n2cc(C)cc2C)cc(-n2cc(C)cc2C)n1. The van der Waals surface area contributed by atoms with Gasteiger partial charge in [-0.2, -0.15) is 9.97 Å². The number of anilines is 1. The van der Waals surface area contributed by atoms with E-state index < -0.39 is 0 Å². The molecule has 0 atom stereocenters. The first-order valence-corrected chi connectivity index (χ1v) is 7.82. The molecule has 0 unspecified atom stereocenters. The molecule has 3 rings (SSSR count). The third-order valence-corrected chi connectivity index (χ3v) is 3.78. The zero-order chi connectivity index (χ0) is 17.4. The maximum Gasteiger partial charge on any atom is 0.233 e. The van der Waals surface area contributed by atoms with Crippen molar-refractivity contribution in [2.24, 2.45) is 0 Å². The van der Waals surface area contributed by atoms with E-state index in [0.29, 0.717) is 5.95 Å². The zero-order valence-electron chi connectivity index (χ0n) is 14.6. The minimum Gasteiger partial charge on any atom is -0.305 e. The lowest BCUT2D eigenvalue weighted by atomic mass is 10.3. The Morgan fingerprint density at radius 2 is 1.33 bits per heavy atom. The van der Waals surface area contributed by atoms with Gasteiger partial charge in [-0.25, -0.2) is 0 Å². The lowest BCUT2D eigenvalue weighted by Gasteiger charge is -2.12. The van der Waals surface area contributed by atoms with Gasteiger partial charge >= 0.3 is 0 Å². The van der Waals surface area contributed by atoms with E-state index >= 15 is 0 Å². The lowest BCUT2D eigenvalue weighted by molar-refractivity contribution is -0.114. The Kier molecular flexibility index (Phi) is 3.97. The molecular weight excluding hydrogens is 302 g/mol. The van der Waals surface area contributed by atoms with E-state index in [1.807, 2.05) is 55.3 Å². The Morgan fingerprint density at radius 3 is 1.67 bits per heavy atom. The lowest BCUT2D eigenvalue weighted by Crippen LogP contribution is -2.13. The fraction of sp³-hybridized carbons (Fsp3) is 0.278. The monoisotopic (exact) mass is 323 g/mol. The summed E-state index contributed by atoms with van der Waals surface area (Å²) in [5.41, 5.74) is 4.46. The molecule has 3 aromatic rings. The molecule has 0 aliphatic carbocycles. The van der Waals surface area contributed by atoms with Gasteiger partial charge in [0.05, 0.1) is 0 Å². The van der Waals surface area contributed by atoms with E-state index in [9.17, 15) is 4.79 Å². The molecule has 3 aromatic heterocycles. The Balaban J connectivity index is 2.19. The highest BCUT2D eigenvalue weighted by Gasteiger charge is 2.12. The van der Waals surface area contributed by atoms with Crippen molar-refractivity contribution in [1.82, 2.24) is 19.1 Å². The van der Waals surface area contributed by atoms with Crippen LogP contribution in [-0.4, -0.2) is 25.0 Å². The number of nitrogens with zero attached hydrogens (tertiary/aromatic N) is 4. The minimum atomic E-state index is -0.195. The van der Waals surface area contributed by atoms with Gasteiger partial charge < -0.3 is 9.13 Å². The Bertz CT molecular complexity index is 855. The molecule has 0 saturated carbocycles. The van der Waals surface area contributed by atoms with E-state index in [-0.39, 0.29) is 5.91 Å². The van der Waals surface area contributed by atoms with Gasteiger partial charge in [0.15, 0.2) is 0 Å². The summed E-state index contributed by atoms with van der Waals surface area (Å²) < 4.78 is 4.00. The van der Waals surface area contributed by atoms with Crippen molar-refractivity contribution in [3.8, 4) is 11.6 Å². The number of rotatable bonds is 3. The summed E-state index contributed by atoms with van der Waals surface area (Å²) in [6.45, 7) is 9.58. The molecule has 0 aromatic carbocycles. The second-order valence-electron chi connectivity index (χ2n) is 6.15. The van der Waals surface area contributed by atoms with Crippen molar-refractivity contribution in [3.05, 3.63) is 53.1 Å². The number of aromatic nitrogens is 4. The van der Waals surface area contributed by atoms with E-state index in [2.05, 4.69) is 27.4 Å². The maximum absolute atomic E-state index is 11.4. The van der Waals surface area contributed by atoms with Gasteiger partial charge in [-0.15, -0.1) is 0 Å². The van der Waals surface area contributed by atoms with Crippen molar-refractivity contribution in [2.75, 3.05) is 5.32 Å². The van der Waals surface area contributed by atoms with E-state index in [1.54, 1.807) is 0 Å². The van der Waals surface area contributed by atoms with Gasteiger partial charge in [-0.05, 0) is 51.0 Å². The van der Waals surface area contributed by atoms with Crippen molar-refractivity contribution in [2.45, 2.75) is 34.6 Å². The molecule has 0 aliphatic heterocycles. The summed E-state index contributed by atoms with van der Waals surface area (Å²) in [7, 11) is 0. The van der Waals surface area contributed by atoms with Crippen LogP contribution in [0.5, 0.6) is 0 Å². The van der Waals surface area contributed by atoms with Gasteiger partial charge in [0.1, 0.15) is 11.6 Å². The standard InChI is InChI=1S/C18H21N5O/c1-11-6-13(3)22(9-11)16-8-17(21-18(20-16)19-15(5)24)23-10-12(2)7-14(23)4/h6-10H,1-5H3,(H,19,20,21,24). The number of carbonyl (C=O) groups excluding carboxylic acids is 1. The molecule has 3 heterocycles. The number of nitrogens with one attached hydrogen (secondary N) is 1. The summed E-state index contributed by atoms with van der Waals surface area (Å²) in [6.07, 6.45) is 4.04. The molecule has 0 fully saturated rings. The summed E-state index contributed by atoms with van der Waals surface area (Å²) in [4.78, 5) is 20.4. The van der Waals surface area contributed by atoms with Crippen LogP contribution in [0.1, 0.15) is 29.4 Å². The molecule has 1 amide bonds. The van der Waals surface area contributed by atoms with Crippen molar-refractivity contribution in [3.63, 3.8) is 0 Å². The third-order valence-electron chi connectivity index (χ3n) is 3.78. The highest BCUT2D eigenvalue weighted by Crippen LogP contribution is 2.20. The number of aryl methyl sites for hydroxylation is 4. The van der Waals surface area contributed by atoms with Gasteiger partial charge in [0.25, 0.3) is 0 Å². The predicted molar refractivity (Wildman–Crippen MR) is 93.9 cm³/mol. The third kappa shape index (κ3) is 3.08. The molecule has 24 heavy (non-hydrogen) atoms. The largest absolute Gasteiger partial charge is 0.305 e. The van der Waals surface area contributed by atoms with E-state index in [4.69, 9.17) is 0 Å². The summed E-state index contributed by atoms with van der Waals surface area (Å²) >= 11 is 0. The number of hydrogen-bond acceptors (Lipinski definition) is 3. The molecule has 6 nitrogen and oxygen atoms in total. The maximum atomic E-state index is 11.4. The number of carbonyl (C=O) groups is 1. The first-order chi connectivity index (χ1) is 11.3. The first kappa shape index (κ1) is 16.0. The first-order valence-electron chi connectivity index (χ1n) is 7.82. The van der Waals surface area contributed by atoms with Gasteiger partial charge in [-0.1, -0.05) is 0 Å². The second kappa shape index (κ2) is 5.96. The van der Waals surface area contributed by atoms with Crippen molar-refractivity contribution >= 4 is 11.9 Å². The molecule has 1 N–H and O–H groups in total. The van der Waals surface area contributed by atoms with E-state index in [1.165, 1.54) is 6.92 Å². The number of hydrogen-bond donors (Lipinski definition) is 1. The highest BCUT2D eigenvalue weighted by atomic mass is 16.1. The Hall–Kier alpha value is -2.89. The molecule has 0 bridgehead atoms. The Morgan fingerprint density at radius 1 is 0.875 bits per heavy atom. The van der Waals surface area contributed by atoms with Crippen LogP contribution < -0.4 is 5.32 Å². The average Bonchev–Trinajstić information content (AvgIpc) is 2.99. The smallest absolute Gasteiger partial charge is 0.233 e. The average molecular weight is 323 g/mol. The van der Waals surface area contributed by atoms with Gasteiger partial charge in [-0.3, -0.25) is 10.1 Å². The van der Waals surface area contributed by atoms with Gasteiger partial charge in [0.2, 0.25) is 11.9 Å².